The molecule has 1 saturated heterocycles. The monoisotopic (exact) mass is 518 g/mol. The summed E-state index contributed by atoms with van der Waals surface area (Å²) in [6.07, 6.45) is 0. The van der Waals surface area contributed by atoms with Gasteiger partial charge in [-0.2, -0.15) is 0 Å². The van der Waals surface area contributed by atoms with Crippen LogP contribution >= 0.6 is 24.0 Å². The number of nitrogens with one attached hydrogen (secondary N) is 2. The number of halogens is 1. The first kappa shape index (κ1) is 26.1. The van der Waals surface area contributed by atoms with Crippen LogP contribution in [-0.2, 0) is 10.2 Å². The van der Waals surface area contributed by atoms with Crippen molar-refractivity contribution in [1.29, 1.82) is 0 Å². The molecule has 1 fully saturated rings. The van der Waals surface area contributed by atoms with Crippen LogP contribution in [0.25, 0.3) is 0 Å². The highest BCUT2D eigenvalue weighted by Crippen LogP contribution is 2.22. The van der Waals surface area contributed by atoms with E-state index in [2.05, 4.69) is 65.6 Å². The molecule has 1 heterocycles. The van der Waals surface area contributed by atoms with Gasteiger partial charge in [-0.1, -0.05) is 43.7 Å². The number of rotatable bonds is 8. The van der Waals surface area contributed by atoms with E-state index >= 15 is 0 Å². The van der Waals surface area contributed by atoms with E-state index in [9.17, 15) is 5.11 Å². The molecule has 0 saturated carbocycles. The summed E-state index contributed by atoms with van der Waals surface area (Å²) in [4.78, 5) is 6.88. The number of hydrogen-bond acceptors (Lipinski definition) is 4. The number of hydrogen-bond donors (Lipinski definition) is 3. The standard InChI is InChI=1S/C22H38N4O2.HI/c1-6-23-20(24-15-21(3,4)19-9-7-18(2)8-10-19)25-16-22(5,27)17-26-11-13-28-14-12-26;/h7-10,27H,6,11-17H2,1-5H3,(H2,23,24,25);1H. The number of aliphatic hydroxyl groups is 1. The summed E-state index contributed by atoms with van der Waals surface area (Å²) in [5.74, 6) is 0.741. The van der Waals surface area contributed by atoms with Gasteiger partial charge in [0.05, 0.1) is 25.4 Å². The van der Waals surface area contributed by atoms with Crippen molar-refractivity contribution >= 4 is 29.9 Å². The molecule has 0 radical (unpaired) electrons. The van der Waals surface area contributed by atoms with Crippen molar-refractivity contribution in [2.45, 2.75) is 45.6 Å². The first-order chi connectivity index (χ1) is 13.2. The molecule has 6 nitrogen and oxygen atoms in total. The Morgan fingerprint density at radius 2 is 1.76 bits per heavy atom. The molecule has 1 atom stereocenters. The number of aryl methyl sites for hydroxylation is 1. The van der Waals surface area contributed by atoms with Crippen molar-refractivity contribution in [3.63, 3.8) is 0 Å². The lowest BCUT2D eigenvalue weighted by atomic mass is 9.84. The zero-order valence-electron chi connectivity index (χ0n) is 18.6. The van der Waals surface area contributed by atoms with Gasteiger partial charge in [-0.05, 0) is 26.3 Å². The molecule has 3 N–H and O–H groups in total. The van der Waals surface area contributed by atoms with Crippen LogP contribution in [0.2, 0.25) is 0 Å². The molecule has 0 spiro atoms. The van der Waals surface area contributed by atoms with E-state index in [0.29, 0.717) is 13.1 Å². The maximum atomic E-state index is 10.8. The smallest absolute Gasteiger partial charge is 0.191 e. The maximum absolute atomic E-state index is 10.8. The summed E-state index contributed by atoms with van der Waals surface area (Å²) >= 11 is 0. The molecule has 0 aliphatic carbocycles. The summed E-state index contributed by atoms with van der Waals surface area (Å²) in [7, 11) is 0. The van der Waals surface area contributed by atoms with Gasteiger partial charge in [0.15, 0.2) is 5.96 Å². The van der Waals surface area contributed by atoms with E-state index in [1.165, 1.54) is 11.1 Å². The Morgan fingerprint density at radius 3 is 2.34 bits per heavy atom. The molecular formula is C22H39IN4O2. The van der Waals surface area contributed by atoms with Gasteiger partial charge < -0.3 is 20.5 Å². The molecule has 0 amide bonds. The van der Waals surface area contributed by atoms with E-state index in [-0.39, 0.29) is 29.4 Å². The lowest BCUT2D eigenvalue weighted by Crippen LogP contribution is -2.48. The summed E-state index contributed by atoms with van der Waals surface area (Å²) in [6.45, 7) is 16.1. The summed E-state index contributed by atoms with van der Waals surface area (Å²) < 4.78 is 5.38. The minimum atomic E-state index is -0.869. The fourth-order valence-corrected chi connectivity index (χ4v) is 3.29. The minimum absolute atomic E-state index is 0. The molecule has 1 aromatic rings. The zero-order valence-corrected chi connectivity index (χ0v) is 21.0. The molecule has 1 aromatic carbocycles. The lowest BCUT2D eigenvalue weighted by Gasteiger charge is -2.33. The lowest BCUT2D eigenvalue weighted by molar-refractivity contribution is -0.0179. The maximum Gasteiger partial charge on any atom is 0.191 e. The Morgan fingerprint density at radius 1 is 1.14 bits per heavy atom. The normalized spacial score (nSPS) is 17.9. The molecule has 7 heteroatoms. The molecule has 0 bridgehead atoms. The average molecular weight is 518 g/mol. The van der Waals surface area contributed by atoms with Crippen LogP contribution in [0.1, 0.15) is 38.8 Å². The number of nitrogens with zero attached hydrogens (tertiary/aromatic N) is 2. The molecule has 1 unspecified atom stereocenters. The van der Waals surface area contributed by atoms with Gasteiger partial charge in [0, 0.05) is 38.1 Å². The van der Waals surface area contributed by atoms with Crippen LogP contribution in [0.15, 0.2) is 29.3 Å². The number of aliphatic imine (C=N–C) groups is 1. The first-order valence-electron chi connectivity index (χ1n) is 10.3. The Labute approximate surface area is 193 Å². The fraction of sp³-hybridized carbons (Fsp3) is 0.682. The first-order valence-corrected chi connectivity index (χ1v) is 10.3. The van der Waals surface area contributed by atoms with Gasteiger partial charge in [0.1, 0.15) is 0 Å². The van der Waals surface area contributed by atoms with Gasteiger partial charge in [-0.3, -0.25) is 9.89 Å². The van der Waals surface area contributed by atoms with E-state index in [4.69, 9.17) is 4.74 Å². The van der Waals surface area contributed by atoms with Gasteiger partial charge >= 0.3 is 0 Å². The third-order valence-electron chi connectivity index (χ3n) is 5.12. The summed E-state index contributed by atoms with van der Waals surface area (Å²) in [5.41, 5.74) is 1.66. The largest absolute Gasteiger partial charge is 0.387 e. The average Bonchev–Trinajstić information content (AvgIpc) is 2.65. The third kappa shape index (κ3) is 9.19. The number of guanidine groups is 1. The Hall–Kier alpha value is -0.900. The van der Waals surface area contributed by atoms with Crippen molar-refractivity contribution in [1.82, 2.24) is 15.5 Å². The molecule has 1 aliphatic rings. The van der Waals surface area contributed by atoms with Gasteiger partial charge in [0.2, 0.25) is 0 Å². The van der Waals surface area contributed by atoms with E-state index < -0.39 is 5.60 Å². The van der Waals surface area contributed by atoms with Crippen molar-refractivity contribution in [3.8, 4) is 0 Å². The fourth-order valence-electron chi connectivity index (χ4n) is 3.29. The zero-order chi connectivity index (χ0) is 20.6. The van der Waals surface area contributed by atoms with Crippen molar-refractivity contribution in [3.05, 3.63) is 35.4 Å². The summed E-state index contributed by atoms with van der Waals surface area (Å²) in [6, 6.07) is 8.68. The molecule has 2 rings (SSSR count). The highest BCUT2D eigenvalue weighted by atomic mass is 127. The molecule has 29 heavy (non-hydrogen) atoms. The second kappa shape index (κ2) is 12.1. The van der Waals surface area contributed by atoms with Crippen molar-refractivity contribution in [2.24, 2.45) is 4.99 Å². The van der Waals surface area contributed by atoms with Crippen LogP contribution in [-0.4, -0.2) is 74.0 Å². The quantitative estimate of drug-likeness (QED) is 0.281. The molecular weight excluding hydrogens is 479 g/mol. The number of benzene rings is 1. The van der Waals surface area contributed by atoms with Crippen LogP contribution in [0.4, 0.5) is 0 Å². The number of morpholine rings is 1. The van der Waals surface area contributed by atoms with Gasteiger partial charge in [-0.25, -0.2) is 0 Å². The third-order valence-corrected chi connectivity index (χ3v) is 5.12. The van der Waals surface area contributed by atoms with E-state index in [1.54, 1.807) is 0 Å². The second-order valence-corrected chi connectivity index (χ2v) is 8.68. The predicted molar refractivity (Wildman–Crippen MR) is 131 cm³/mol. The van der Waals surface area contributed by atoms with Gasteiger partial charge in [0.25, 0.3) is 0 Å². The molecule has 166 valence electrons. The van der Waals surface area contributed by atoms with Crippen molar-refractivity contribution in [2.75, 3.05) is 52.5 Å². The Kier molecular flexibility index (Phi) is 10.9. The number of β-amino-alcohol motifs (C(OH)–C–C–N with tert-alkyl or cyclic N) is 1. The number of ether oxygens (including phenoxy) is 1. The highest BCUT2D eigenvalue weighted by Gasteiger charge is 2.26. The van der Waals surface area contributed by atoms with Crippen LogP contribution < -0.4 is 10.6 Å². The highest BCUT2D eigenvalue weighted by molar-refractivity contribution is 14.0. The molecule has 0 aromatic heterocycles. The van der Waals surface area contributed by atoms with Crippen LogP contribution in [0, 0.1) is 6.92 Å². The topological polar surface area (TPSA) is 69.1 Å². The minimum Gasteiger partial charge on any atom is -0.387 e. The van der Waals surface area contributed by atoms with E-state index in [1.807, 2.05) is 13.8 Å². The Bertz CT molecular complexity index is 626. The second-order valence-electron chi connectivity index (χ2n) is 8.68. The summed E-state index contributed by atoms with van der Waals surface area (Å²) in [5, 5.41) is 17.5. The van der Waals surface area contributed by atoms with Crippen molar-refractivity contribution < 1.29 is 9.84 Å². The predicted octanol–water partition coefficient (Wildman–Crippen LogP) is 2.53. The Balaban J connectivity index is 0.00000420. The SMILES string of the molecule is CCNC(=NCC(C)(O)CN1CCOCC1)NCC(C)(C)c1ccc(C)cc1.I. The van der Waals surface area contributed by atoms with E-state index in [0.717, 1.165) is 45.4 Å². The van der Waals surface area contributed by atoms with Gasteiger partial charge in [-0.15, -0.1) is 24.0 Å². The van der Waals surface area contributed by atoms with Crippen LogP contribution in [0.3, 0.4) is 0 Å². The molecule has 1 aliphatic heterocycles. The van der Waals surface area contributed by atoms with Crippen LogP contribution in [0.5, 0.6) is 0 Å².